The van der Waals surface area contributed by atoms with E-state index in [1.807, 2.05) is 0 Å². The van der Waals surface area contributed by atoms with Crippen LogP contribution < -0.4 is 27.0 Å². The van der Waals surface area contributed by atoms with E-state index in [1.165, 1.54) is 36.4 Å². The number of azo groups is 1. The Labute approximate surface area is 426 Å². The van der Waals surface area contributed by atoms with Gasteiger partial charge in [-0.2, -0.15) is 62.2 Å². The van der Waals surface area contributed by atoms with Crippen molar-refractivity contribution < 1.29 is 79.2 Å². The predicted octanol–water partition coefficient (Wildman–Crippen LogP) is 5.87. The number of aromatic nitrogens is 3. The third-order valence-electron chi connectivity index (χ3n) is 10.5. The first-order chi connectivity index (χ1) is 34.8. The van der Waals surface area contributed by atoms with E-state index in [-0.39, 0.29) is 39.6 Å². The lowest BCUT2D eigenvalue weighted by atomic mass is 9.82. The van der Waals surface area contributed by atoms with Gasteiger partial charge in [0.15, 0.2) is 11.6 Å². The lowest BCUT2D eigenvalue weighted by Gasteiger charge is -2.24. The minimum Gasteiger partial charge on any atom is -0.397 e. The highest BCUT2D eigenvalue weighted by Crippen LogP contribution is 2.42. The number of nitrogens with zero attached hydrogens (tertiary/aromatic N) is 5. The summed E-state index contributed by atoms with van der Waals surface area (Å²) in [6.45, 7) is 1.11. The molecule has 7 aromatic rings. The molecule has 0 aliphatic heterocycles. The van der Waals surface area contributed by atoms with Gasteiger partial charge >= 0.3 is 0 Å². The molecule has 1 aliphatic rings. The van der Waals surface area contributed by atoms with Gasteiger partial charge in [0.05, 0.1) is 50.1 Å². The Morgan fingerprint density at radius 2 is 1.15 bits per heavy atom. The van der Waals surface area contributed by atoms with Crippen molar-refractivity contribution in [3.05, 3.63) is 119 Å². The molecule has 1 aliphatic carbocycles. The van der Waals surface area contributed by atoms with E-state index < -0.39 is 149 Å². The molecule has 0 fully saturated rings. The number of carbonyl (C=O) groups is 3. The Balaban J connectivity index is 1.14. The summed E-state index contributed by atoms with van der Waals surface area (Å²) < 4.78 is 173. The second kappa shape index (κ2) is 19.1. The number of hydrogen-bond donors (Lipinski definition) is 10. The number of fused-ring (bicyclic) bond motifs is 3. The van der Waals surface area contributed by atoms with E-state index in [0.717, 1.165) is 43.3 Å². The third kappa shape index (κ3) is 11.1. The number of nitrogen functional groups attached to an aromatic ring is 1. The fraction of sp³-hybridized carbons (Fsp3) is 0.0244. The number of nitrogens with two attached hydrogens (primary N) is 1. The quantitative estimate of drug-likeness (QED) is 0.0345. The van der Waals surface area contributed by atoms with Crippen LogP contribution in [-0.4, -0.2) is 97.3 Å². The van der Waals surface area contributed by atoms with Gasteiger partial charge in [0.25, 0.3) is 50.6 Å². The highest BCUT2D eigenvalue weighted by Gasteiger charge is 2.37. The maximum Gasteiger partial charge on any atom is 0.296 e. The van der Waals surface area contributed by atoms with E-state index in [9.17, 15) is 79.2 Å². The van der Waals surface area contributed by atoms with E-state index in [1.54, 1.807) is 0 Å². The fourth-order valence-corrected chi connectivity index (χ4v) is 10.9. The monoisotopic (exact) mass is 1140 g/mol. The average Bonchev–Trinajstić information content (AvgIpc) is 3.28. The van der Waals surface area contributed by atoms with Crippen molar-refractivity contribution in [2.45, 2.75) is 31.4 Å². The van der Waals surface area contributed by atoms with E-state index >= 15 is 0 Å². The molecule has 0 spiro atoms. The summed E-state index contributed by atoms with van der Waals surface area (Å²) in [4.78, 5) is 47.0. The van der Waals surface area contributed by atoms with Gasteiger partial charge in [-0.3, -0.25) is 37.1 Å². The van der Waals surface area contributed by atoms with E-state index in [0.29, 0.717) is 18.2 Å². The molecular formula is C41H29ClN10O18S5. The van der Waals surface area contributed by atoms with Crippen LogP contribution in [-0.2, 0) is 55.4 Å². The van der Waals surface area contributed by atoms with Crippen molar-refractivity contribution in [2.75, 3.05) is 27.0 Å². The maximum absolute atomic E-state index is 13.9. The molecule has 0 unspecified atom stereocenters. The van der Waals surface area contributed by atoms with Crippen LogP contribution in [0.1, 0.15) is 38.8 Å². The molecule has 75 heavy (non-hydrogen) atoms. The summed E-state index contributed by atoms with van der Waals surface area (Å²) in [7, 11) is -25.9. The van der Waals surface area contributed by atoms with Crippen LogP contribution >= 0.6 is 11.6 Å². The molecule has 6 aromatic carbocycles. The molecule has 0 bridgehead atoms. The van der Waals surface area contributed by atoms with Crippen LogP contribution in [0, 0.1) is 0 Å². The van der Waals surface area contributed by atoms with Crippen LogP contribution in [0.2, 0.25) is 5.28 Å². The molecular weight excluding hydrogens is 1120 g/mol. The zero-order valence-corrected chi connectivity index (χ0v) is 41.8. The molecule has 34 heteroatoms. The van der Waals surface area contributed by atoms with Crippen LogP contribution in [0.5, 0.6) is 0 Å². The number of halogens is 1. The summed E-state index contributed by atoms with van der Waals surface area (Å²) in [5, 5.41) is 16.7. The first kappa shape index (κ1) is 53.3. The van der Waals surface area contributed by atoms with E-state index in [4.69, 9.17) is 17.3 Å². The van der Waals surface area contributed by atoms with Crippen LogP contribution in [0.4, 0.5) is 57.4 Å². The topological polar surface area (TPSA) is 461 Å². The van der Waals surface area contributed by atoms with Crippen molar-refractivity contribution in [3.8, 4) is 0 Å². The highest BCUT2D eigenvalue weighted by molar-refractivity contribution is 7.87. The molecule has 1 aromatic heterocycles. The van der Waals surface area contributed by atoms with Crippen molar-refractivity contribution in [2.24, 2.45) is 10.2 Å². The minimum atomic E-state index is -5.27. The van der Waals surface area contributed by atoms with Gasteiger partial charge in [0, 0.05) is 29.1 Å². The minimum absolute atomic E-state index is 0.0225. The molecule has 0 saturated carbocycles. The number of rotatable bonds is 14. The van der Waals surface area contributed by atoms with Crippen LogP contribution in [0.3, 0.4) is 0 Å². The summed E-state index contributed by atoms with van der Waals surface area (Å²) in [5.74, 6) is -3.22. The van der Waals surface area contributed by atoms with E-state index in [2.05, 4.69) is 46.4 Å². The summed E-state index contributed by atoms with van der Waals surface area (Å²) in [6, 6.07) is 15.3. The normalized spacial score (nSPS) is 13.1. The maximum atomic E-state index is 13.9. The first-order valence-corrected chi connectivity index (χ1v) is 27.7. The Kier molecular flexibility index (Phi) is 13.6. The van der Waals surface area contributed by atoms with Gasteiger partial charge in [0.1, 0.15) is 25.3 Å². The summed E-state index contributed by atoms with van der Waals surface area (Å²) in [6.07, 6.45) is 0. The molecule has 0 radical (unpaired) electrons. The molecule has 0 saturated heterocycles. The Morgan fingerprint density at radius 1 is 0.560 bits per heavy atom. The van der Waals surface area contributed by atoms with Crippen molar-refractivity contribution in [3.63, 3.8) is 0 Å². The van der Waals surface area contributed by atoms with Gasteiger partial charge < -0.3 is 27.0 Å². The number of nitrogens with one attached hydrogen (secondary N) is 4. The third-order valence-corrected chi connectivity index (χ3v) is 15.1. The number of hydrogen-bond acceptors (Lipinski definition) is 22. The largest absolute Gasteiger partial charge is 0.397 e. The molecule has 11 N–H and O–H groups in total. The number of ketones is 2. The average molecular weight is 1150 g/mol. The van der Waals surface area contributed by atoms with Gasteiger partial charge in [-0.15, -0.1) is 5.11 Å². The Bertz CT molecular complexity index is 4340. The predicted molar refractivity (Wildman–Crippen MR) is 263 cm³/mol. The van der Waals surface area contributed by atoms with Gasteiger partial charge in [-0.1, -0.05) is 24.3 Å². The number of amides is 1. The zero-order valence-electron chi connectivity index (χ0n) is 36.9. The molecule has 8 rings (SSSR count). The van der Waals surface area contributed by atoms with Crippen molar-refractivity contribution in [1.29, 1.82) is 0 Å². The summed E-state index contributed by atoms with van der Waals surface area (Å²) >= 11 is 6.23. The highest BCUT2D eigenvalue weighted by atomic mass is 35.5. The lowest BCUT2D eigenvalue weighted by molar-refractivity contribution is -0.114. The molecule has 28 nitrogen and oxygen atoms in total. The number of benzene rings is 6. The zero-order chi connectivity index (χ0) is 54.9. The Hall–Kier alpha value is -7.96. The molecule has 1 heterocycles. The second-order valence-corrected chi connectivity index (χ2v) is 22.9. The SMILES string of the molecule is CC(=O)Nc1cc(N=Nc2cc3c(S(=O)(=O)O)cc(S(=O)(=O)O)cc3cc2S(=O)(=O)O)ccc1Nc1nc(Cl)nc(Nc2cc(Nc3cc(S(=O)(=O)O)c(N)c4c3C(=O)c3ccccc3C4=O)ccc2S(=O)(=O)O)n1. The van der Waals surface area contributed by atoms with Crippen LogP contribution in [0.25, 0.3) is 10.8 Å². The van der Waals surface area contributed by atoms with Crippen molar-refractivity contribution >= 4 is 148 Å². The summed E-state index contributed by atoms with van der Waals surface area (Å²) in [5.41, 5.74) is 2.16. The first-order valence-electron chi connectivity index (χ1n) is 20.1. The fourth-order valence-electron chi connectivity index (χ4n) is 7.47. The Morgan fingerprint density at radius 3 is 1.72 bits per heavy atom. The van der Waals surface area contributed by atoms with Gasteiger partial charge in [-0.25, -0.2) is 0 Å². The van der Waals surface area contributed by atoms with Crippen molar-refractivity contribution in [1.82, 2.24) is 15.0 Å². The number of anilines is 8. The van der Waals surface area contributed by atoms with Gasteiger partial charge in [0.2, 0.25) is 23.1 Å². The molecule has 1 amide bonds. The molecule has 0 atom stereocenters. The molecule has 388 valence electrons. The van der Waals surface area contributed by atoms with Crippen LogP contribution in [0.15, 0.2) is 126 Å². The smallest absolute Gasteiger partial charge is 0.296 e. The lowest BCUT2D eigenvalue weighted by Crippen LogP contribution is -2.25. The second-order valence-electron chi connectivity index (χ2n) is 15.6. The standard InChI is InChI=1S/C41H29ClN10O18S5/c1-17(53)44-26-13-20(51-52-28-15-24-18(11-32(28)74(65,66)67)10-21(71(56,57)58)14-31(24)73(62,63)64)6-8-25(26)46-40-48-39(42)49-41(50-40)47-27-12-19(7-9-30(27)72(59,60)61)45-29-16-33(75(68,69)70)36(43)35-34(29)37(54)22-4-2-3-5-23(22)38(35)55/h2-16,45H,43H2,1H3,(H,44,53)(H,56,57,58)(H,59,60,61)(H,62,63,64)(H,65,66,67)(H,68,69,70)(H2,46,47,48,49,50). The van der Waals surface area contributed by atoms with Gasteiger partial charge in [-0.05, 0) is 83.7 Å². The number of carbonyl (C=O) groups excluding carboxylic acids is 3.